The zero-order chi connectivity index (χ0) is 18.5. The van der Waals surface area contributed by atoms with Crippen LogP contribution in [-0.4, -0.2) is 34.6 Å². The van der Waals surface area contributed by atoms with E-state index in [9.17, 15) is 9.18 Å². The number of amides is 1. The van der Waals surface area contributed by atoms with Gasteiger partial charge < -0.3 is 15.1 Å². The highest BCUT2D eigenvalue weighted by molar-refractivity contribution is 5.93. The molecule has 0 spiro atoms. The van der Waals surface area contributed by atoms with Crippen LogP contribution >= 0.6 is 0 Å². The first-order chi connectivity index (χ1) is 12.6. The van der Waals surface area contributed by atoms with Gasteiger partial charge in [0, 0.05) is 24.8 Å². The zero-order valence-corrected chi connectivity index (χ0v) is 14.5. The molecule has 1 amide bonds. The molecule has 0 saturated heterocycles. The van der Waals surface area contributed by atoms with Crippen molar-refractivity contribution in [1.82, 2.24) is 15.1 Å². The minimum Gasteiger partial charge on any atom is -0.467 e. The molecule has 0 radical (unpaired) electrons. The maximum Gasteiger partial charge on any atom is 0.256 e. The molecule has 26 heavy (non-hydrogen) atoms. The largest absolute Gasteiger partial charge is 0.467 e. The molecule has 0 bridgehead atoms. The predicted octanol–water partition coefficient (Wildman–Crippen LogP) is 2.97. The van der Waals surface area contributed by atoms with Gasteiger partial charge in [0.2, 0.25) is 0 Å². The van der Waals surface area contributed by atoms with Crippen molar-refractivity contribution >= 4 is 5.91 Å². The molecule has 2 aromatic heterocycles. The summed E-state index contributed by atoms with van der Waals surface area (Å²) in [7, 11) is 1.75. The second-order valence-electron chi connectivity index (χ2n) is 6.12. The summed E-state index contributed by atoms with van der Waals surface area (Å²) in [5.41, 5.74) is 8.37. The van der Waals surface area contributed by atoms with Gasteiger partial charge in [-0.3, -0.25) is 9.89 Å². The van der Waals surface area contributed by atoms with Crippen LogP contribution < -0.4 is 5.73 Å². The van der Waals surface area contributed by atoms with Crippen LogP contribution in [0.2, 0.25) is 0 Å². The molecule has 0 atom stereocenters. The van der Waals surface area contributed by atoms with Crippen molar-refractivity contribution in [2.45, 2.75) is 19.4 Å². The quantitative estimate of drug-likeness (QED) is 0.681. The summed E-state index contributed by atoms with van der Waals surface area (Å²) < 4.78 is 18.5. The molecule has 0 unspecified atom stereocenters. The lowest BCUT2D eigenvalue weighted by Gasteiger charge is -2.15. The van der Waals surface area contributed by atoms with Crippen molar-refractivity contribution in [3.8, 4) is 11.3 Å². The summed E-state index contributed by atoms with van der Waals surface area (Å²) in [6.07, 6.45) is 2.94. The van der Waals surface area contributed by atoms with Gasteiger partial charge in [0.05, 0.1) is 17.8 Å². The topological polar surface area (TPSA) is 88.2 Å². The molecule has 0 fully saturated rings. The normalized spacial score (nSPS) is 10.9. The third-order valence-corrected chi connectivity index (χ3v) is 4.14. The summed E-state index contributed by atoms with van der Waals surface area (Å²) >= 11 is 0. The standard InChI is InChI=1S/C19H21FN4O2/c1-24(19(25)14-9-17(11-21)26-12-14)7-3-6-16-10-18(23-22-16)13-4-2-5-15(20)8-13/h2,4-5,8-10,12H,3,6-7,11,21H2,1H3,(H,22,23). The number of aromatic amines is 1. The Labute approximate surface area is 150 Å². The Morgan fingerprint density at radius 3 is 2.92 bits per heavy atom. The second-order valence-corrected chi connectivity index (χ2v) is 6.12. The molecular weight excluding hydrogens is 335 g/mol. The Balaban J connectivity index is 1.52. The number of carbonyl (C=O) groups excluding carboxylic acids is 1. The molecule has 3 aromatic rings. The van der Waals surface area contributed by atoms with Crippen LogP contribution in [0.1, 0.15) is 28.2 Å². The van der Waals surface area contributed by atoms with E-state index in [0.717, 1.165) is 24.1 Å². The minimum absolute atomic E-state index is 0.0986. The molecular formula is C19H21FN4O2. The van der Waals surface area contributed by atoms with E-state index in [2.05, 4.69) is 10.2 Å². The summed E-state index contributed by atoms with van der Waals surface area (Å²) in [4.78, 5) is 14.0. The number of nitrogens with one attached hydrogen (secondary N) is 1. The van der Waals surface area contributed by atoms with Gasteiger partial charge in [-0.25, -0.2) is 4.39 Å². The van der Waals surface area contributed by atoms with Crippen molar-refractivity contribution < 1.29 is 13.6 Å². The van der Waals surface area contributed by atoms with E-state index < -0.39 is 0 Å². The van der Waals surface area contributed by atoms with Crippen LogP contribution in [0, 0.1) is 5.82 Å². The molecule has 0 aliphatic rings. The molecule has 0 aliphatic heterocycles. The number of halogens is 1. The first-order valence-electron chi connectivity index (χ1n) is 8.40. The zero-order valence-electron chi connectivity index (χ0n) is 14.5. The van der Waals surface area contributed by atoms with Crippen LogP contribution in [0.4, 0.5) is 4.39 Å². The van der Waals surface area contributed by atoms with Crippen LogP contribution in [0.15, 0.2) is 47.1 Å². The van der Waals surface area contributed by atoms with E-state index in [4.69, 9.17) is 10.2 Å². The van der Waals surface area contributed by atoms with Crippen LogP contribution in [-0.2, 0) is 13.0 Å². The Morgan fingerprint density at radius 1 is 1.35 bits per heavy atom. The number of nitrogens with zero attached hydrogens (tertiary/aromatic N) is 2. The lowest BCUT2D eigenvalue weighted by Crippen LogP contribution is -2.27. The lowest BCUT2D eigenvalue weighted by molar-refractivity contribution is 0.0792. The van der Waals surface area contributed by atoms with Gasteiger partial charge in [-0.1, -0.05) is 12.1 Å². The third kappa shape index (κ3) is 4.18. The highest BCUT2D eigenvalue weighted by atomic mass is 19.1. The average molecular weight is 356 g/mol. The van der Waals surface area contributed by atoms with Gasteiger partial charge in [0.25, 0.3) is 5.91 Å². The molecule has 1 aromatic carbocycles. The SMILES string of the molecule is CN(CCCc1cc(-c2cccc(F)c2)n[nH]1)C(=O)c1coc(CN)c1. The molecule has 0 aliphatic carbocycles. The minimum atomic E-state index is -0.288. The maximum atomic E-state index is 13.3. The van der Waals surface area contributed by atoms with Crippen molar-refractivity contribution in [2.75, 3.05) is 13.6 Å². The third-order valence-electron chi connectivity index (χ3n) is 4.14. The van der Waals surface area contributed by atoms with E-state index >= 15 is 0 Å². The summed E-state index contributed by atoms with van der Waals surface area (Å²) in [6.45, 7) is 0.862. The first kappa shape index (κ1) is 17.9. The van der Waals surface area contributed by atoms with Crippen LogP contribution in [0.3, 0.4) is 0 Å². The van der Waals surface area contributed by atoms with Crippen molar-refractivity contribution in [2.24, 2.45) is 5.73 Å². The number of carbonyl (C=O) groups is 1. The summed E-state index contributed by atoms with van der Waals surface area (Å²) in [5, 5.41) is 7.19. The molecule has 136 valence electrons. The number of H-pyrrole nitrogens is 1. The first-order valence-corrected chi connectivity index (χ1v) is 8.40. The molecule has 6 nitrogen and oxygen atoms in total. The fourth-order valence-electron chi connectivity index (χ4n) is 2.71. The number of nitrogens with two attached hydrogens (primary N) is 1. The van der Waals surface area contributed by atoms with Gasteiger partial charge >= 0.3 is 0 Å². The van der Waals surface area contributed by atoms with Crippen LogP contribution in [0.5, 0.6) is 0 Å². The number of furan rings is 1. The van der Waals surface area contributed by atoms with E-state index in [-0.39, 0.29) is 18.3 Å². The number of rotatable bonds is 7. The highest BCUT2D eigenvalue weighted by Gasteiger charge is 2.14. The molecule has 3 N–H and O–H groups in total. The number of hydrogen-bond acceptors (Lipinski definition) is 4. The number of benzene rings is 1. The van der Waals surface area contributed by atoms with Crippen LogP contribution in [0.25, 0.3) is 11.3 Å². The molecule has 2 heterocycles. The van der Waals surface area contributed by atoms with E-state index in [1.165, 1.54) is 18.4 Å². The van der Waals surface area contributed by atoms with Gasteiger partial charge in [0.15, 0.2) is 0 Å². The monoisotopic (exact) mass is 356 g/mol. The Kier molecular flexibility index (Phi) is 5.48. The predicted molar refractivity (Wildman–Crippen MR) is 95.9 cm³/mol. The fourth-order valence-corrected chi connectivity index (χ4v) is 2.71. The summed E-state index contributed by atoms with van der Waals surface area (Å²) in [6, 6.07) is 9.90. The van der Waals surface area contributed by atoms with E-state index in [1.807, 2.05) is 12.1 Å². The van der Waals surface area contributed by atoms with Gasteiger partial charge in [0.1, 0.15) is 17.8 Å². The van der Waals surface area contributed by atoms with E-state index in [1.54, 1.807) is 24.1 Å². The lowest BCUT2D eigenvalue weighted by atomic mass is 10.1. The number of aryl methyl sites for hydroxylation is 1. The van der Waals surface area contributed by atoms with Crippen molar-refractivity contribution in [1.29, 1.82) is 0 Å². The summed E-state index contributed by atoms with van der Waals surface area (Å²) in [5.74, 6) is 0.201. The number of hydrogen-bond donors (Lipinski definition) is 2. The Hall–Kier alpha value is -2.93. The second kappa shape index (κ2) is 7.97. The van der Waals surface area contributed by atoms with Crippen molar-refractivity contribution in [3.05, 3.63) is 65.5 Å². The number of aromatic nitrogens is 2. The van der Waals surface area contributed by atoms with E-state index in [0.29, 0.717) is 23.6 Å². The average Bonchev–Trinajstić information content (AvgIpc) is 3.30. The van der Waals surface area contributed by atoms with Crippen molar-refractivity contribution in [3.63, 3.8) is 0 Å². The highest BCUT2D eigenvalue weighted by Crippen LogP contribution is 2.19. The molecule has 7 heteroatoms. The fraction of sp³-hybridized carbons (Fsp3) is 0.263. The maximum absolute atomic E-state index is 13.3. The molecule has 0 saturated carbocycles. The molecule has 3 rings (SSSR count). The van der Waals surface area contributed by atoms with Gasteiger partial charge in [-0.15, -0.1) is 0 Å². The van der Waals surface area contributed by atoms with Gasteiger partial charge in [-0.05, 0) is 37.1 Å². The Bertz CT molecular complexity index is 887. The van der Waals surface area contributed by atoms with Gasteiger partial charge in [-0.2, -0.15) is 5.10 Å². The Morgan fingerprint density at radius 2 is 2.19 bits per heavy atom. The smallest absolute Gasteiger partial charge is 0.256 e.